The van der Waals surface area contributed by atoms with Crippen LogP contribution in [0, 0.1) is 12.7 Å². The van der Waals surface area contributed by atoms with Crippen LogP contribution >= 0.6 is 11.5 Å². The number of ether oxygens (including phenoxy) is 1. The van der Waals surface area contributed by atoms with E-state index in [0.29, 0.717) is 16.3 Å². The van der Waals surface area contributed by atoms with Crippen LogP contribution in [0.3, 0.4) is 0 Å². The number of halogens is 1. The maximum atomic E-state index is 12.9. The van der Waals surface area contributed by atoms with Gasteiger partial charge in [-0.05, 0) is 36.2 Å². The third-order valence-electron chi connectivity index (χ3n) is 2.35. The summed E-state index contributed by atoms with van der Waals surface area (Å²) < 4.78 is 22.0. The highest BCUT2D eigenvalue weighted by Gasteiger charge is 2.17. The van der Waals surface area contributed by atoms with Gasteiger partial charge in [-0.1, -0.05) is 12.1 Å². The van der Waals surface area contributed by atoms with E-state index in [0.717, 1.165) is 11.5 Å². The fourth-order valence-corrected chi connectivity index (χ4v) is 2.13. The lowest BCUT2D eigenvalue weighted by Gasteiger charge is -2.05. The number of aromatic nitrogens is 1. The Labute approximate surface area is 107 Å². The standard InChI is InChI=1S/C12H11FN2O2S/c1-7-10(11(14)18-15-7)12(16)17-6-8-3-2-4-9(13)5-8/h2-5H,6,14H2,1H3. The number of benzene rings is 1. The molecule has 0 unspecified atom stereocenters. The van der Waals surface area contributed by atoms with Crippen molar-refractivity contribution in [3.05, 3.63) is 46.9 Å². The molecule has 2 N–H and O–H groups in total. The number of esters is 1. The van der Waals surface area contributed by atoms with Gasteiger partial charge >= 0.3 is 5.97 Å². The van der Waals surface area contributed by atoms with Gasteiger partial charge in [0.15, 0.2) is 0 Å². The average Bonchev–Trinajstić information content (AvgIpc) is 2.66. The van der Waals surface area contributed by atoms with Crippen molar-refractivity contribution in [2.24, 2.45) is 0 Å². The molecule has 0 amide bonds. The van der Waals surface area contributed by atoms with Gasteiger partial charge < -0.3 is 10.5 Å². The molecule has 0 fully saturated rings. The number of nitrogens with zero attached hydrogens (tertiary/aromatic N) is 1. The number of nitrogens with two attached hydrogens (primary N) is 1. The number of hydrogen-bond acceptors (Lipinski definition) is 5. The molecular weight excluding hydrogens is 255 g/mol. The molecule has 0 spiro atoms. The predicted octanol–water partition coefficient (Wildman–Crippen LogP) is 2.53. The second kappa shape index (κ2) is 5.14. The molecule has 2 rings (SSSR count). The lowest BCUT2D eigenvalue weighted by Crippen LogP contribution is -2.08. The second-order valence-corrected chi connectivity index (χ2v) is 4.52. The molecule has 0 bridgehead atoms. The molecular formula is C12H11FN2O2S. The van der Waals surface area contributed by atoms with Crippen LogP contribution in [0.5, 0.6) is 0 Å². The molecule has 2 aromatic rings. The van der Waals surface area contributed by atoms with Crippen LogP contribution in [-0.4, -0.2) is 10.3 Å². The Morgan fingerprint density at radius 2 is 2.33 bits per heavy atom. The minimum Gasteiger partial charge on any atom is -0.457 e. The highest BCUT2D eigenvalue weighted by atomic mass is 32.1. The van der Waals surface area contributed by atoms with Gasteiger partial charge in [0.2, 0.25) is 0 Å². The molecule has 1 heterocycles. The van der Waals surface area contributed by atoms with Gasteiger partial charge in [-0.25, -0.2) is 9.18 Å². The molecule has 0 radical (unpaired) electrons. The Kier molecular flexibility index (Phi) is 3.57. The van der Waals surface area contributed by atoms with Crippen molar-refractivity contribution in [1.82, 2.24) is 4.37 Å². The van der Waals surface area contributed by atoms with Crippen molar-refractivity contribution < 1.29 is 13.9 Å². The third kappa shape index (κ3) is 2.65. The highest BCUT2D eigenvalue weighted by molar-refractivity contribution is 7.10. The van der Waals surface area contributed by atoms with Crippen molar-refractivity contribution in [2.75, 3.05) is 5.73 Å². The number of aryl methyl sites for hydroxylation is 1. The normalized spacial score (nSPS) is 10.3. The Hall–Kier alpha value is -1.95. The molecule has 0 saturated heterocycles. The van der Waals surface area contributed by atoms with Crippen molar-refractivity contribution >= 4 is 22.5 Å². The summed E-state index contributed by atoms with van der Waals surface area (Å²) in [4.78, 5) is 11.8. The van der Waals surface area contributed by atoms with Crippen LogP contribution < -0.4 is 5.73 Å². The number of rotatable bonds is 3. The first-order chi connectivity index (χ1) is 8.58. The van der Waals surface area contributed by atoms with Crippen molar-refractivity contribution in [2.45, 2.75) is 13.5 Å². The molecule has 4 nitrogen and oxygen atoms in total. The Balaban J connectivity index is 2.05. The van der Waals surface area contributed by atoms with Gasteiger partial charge in [0.25, 0.3) is 0 Å². The lowest BCUT2D eigenvalue weighted by atomic mass is 10.2. The monoisotopic (exact) mass is 266 g/mol. The third-order valence-corrected chi connectivity index (χ3v) is 3.12. The summed E-state index contributed by atoms with van der Waals surface area (Å²) in [5, 5.41) is 0.330. The van der Waals surface area contributed by atoms with Crippen LogP contribution in [0.1, 0.15) is 21.6 Å². The number of carbonyl (C=O) groups is 1. The molecule has 0 saturated carbocycles. The number of hydrogen-bond donors (Lipinski definition) is 1. The summed E-state index contributed by atoms with van der Waals surface area (Å²) in [7, 11) is 0. The molecule has 94 valence electrons. The van der Waals surface area contributed by atoms with Crippen molar-refractivity contribution in [3.8, 4) is 0 Å². The number of anilines is 1. The van der Waals surface area contributed by atoms with Gasteiger partial charge in [-0.3, -0.25) is 0 Å². The summed E-state index contributed by atoms with van der Waals surface area (Å²) in [5.41, 5.74) is 7.05. The molecule has 0 atom stereocenters. The summed E-state index contributed by atoms with van der Waals surface area (Å²) in [5.74, 6) is -0.903. The van der Waals surface area contributed by atoms with Gasteiger partial charge in [0.1, 0.15) is 23.0 Å². The van der Waals surface area contributed by atoms with E-state index in [4.69, 9.17) is 10.5 Å². The SMILES string of the molecule is Cc1nsc(N)c1C(=O)OCc1cccc(F)c1. The average molecular weight is 266 g/mol. The van der Waals surface area contributed by atoms with E-state index in [1.807, 2.05) is 0 Å². The Bertz CT molecular complexity index is 564. The lowest BCUT2D eigenvalue weighted by molar-refractivity contribution is 0.0473. The van der Waals surface area contributed by atoms with E-state index >= 15 is 0 Å². The van der Waals surface area contributed by atoms with Crippen LogP contribution in [0.25, 0.3) is 0 Å². The van der Waals surface area contributed by atoms with Crippen molar-refractivity contribution in [1.29, 1.82) is 0 Å². The van der Waals surface area contributed by atoms with E-state index in [9.17, 15) is 9.18 Å². The van der Waals surface area contributed by atoms with Crippen LogP contribution in [0.2, 0.25) is 0 Å². The quantitative estimate of drug-likeness (QED) is 0.867. The first kappa shape index (κ1) is 12.5. The van der Waals surface area contributed by atoms with E-state index < -0.39 is 5.97 Å². The first-order valence-electron chi connectivity index (χ1n) is 5.21. The largest absolute Gasteiger partial charge is 0.457 e. The van der Waals surface area contributed by atoms with Gasteiger partial charge in [-0.15, -0.1) is 0 Å². The zero-order chi connectivity index (χ0) is 13.1. The summed E-state index contributed by atoms with van der Waals surface area (Å²) in [6.07, 6.45) is 0. The van der Waals surface area contributed by atoms with Crippen LogP contribution in [0.4, 0.5) is 9.39 Å². The Morgan fingerprint density at radius 3 is 2.94 bits per heavy atom. The van der Waals surface area contributed by atoms with Gasteiger partial charge in [0.05, 0.1) is 5.69 Å². The van der Waals surface area contributed by atoms with Gasteiger partial charge in [-0.2, -0.15) is 4.37 Å². The molecule has 1 aromatic carbocycles. The van der Waals surface area contributed by atoms with Crippen molar-refractivity contribution in [3.63, 3.8) is 0 Å². The maximum Gasteiger partial charge on any atom is 0.343 e. The first-order valence-corrected chi connectivity index (χ1v) is 5.98. The second-order valence-electron chi connectivity index (χ2n) is 3.71. The van der Waals surface area contributed by atoms with Crippen LogP contribution in [-0.2, 0) is 11.3 Å². The predicted molar refractivity (Wildman–Crippen MR) is 66.8 cm³/mol. The highest BCUT2D eigenvalue weighted by Crippen LogP contribution is 2.22. The van der Waals surface area contributed by atoms with Gasteiger partial charge in [0, 0.05) is 0 Å². The Morgan fingerprint density at radius 1 is 1.56 bits per heavy atom. The zero-order valence-electron chi connectivity index (χ0n) is 9.64. The fraction of sp³-hybridized carbons (Fsp3) is 0.167. The molecule has 18 heavy (non-hydrogen) atoms. The minimum atomic E-state index is -0.539. The van der Waals surface area contributed by atoms with E-state index in [1.54, 1.807) is 19.1 Å². The number of nitrogen functional groups attached to an aromatic ring is 1. The van der Waals surface area contributed by atoms with E-state index in [2.05, 4.69) is 4.37 Å². The summed E-state index contributed by atoms with van der Waals surface area (Å²) in [6, 6.07) is 5.88. The minimum absolute atomic E-state index is 0.00528. The van der Waals surface area contributed by atoms with E-state index in [-0.39, 0.29) is 18.0 Å². The molecule has 6 heteroatoms. The summed E-state index contributed by atoms with van der Waals surface area (Å²) in [6.45, 7) is 1.69. The fourth-order valence-electron chi connectivity index (χ4n) is 1.48. The molecule has 0 aliphatic carbocycles. The van der Waals surface area contributed by atoms with Crippen LogP contribution in [0.15, 0.2) is 24.3 Å². The summed E-state index contributed by atoms with van der Waals surface area (Å²) >= 11 is 1.05. The topological polar surface area (TPSA) is 65.2 Å². The molecule has 1 aromatic heterocycles. The smallest absolute Gasteiger partial charge is 0.343 e. The maximum absolute atomic E-state index is 12.9. The molecule has 0 aliphatic rings. The molecule has 0 aliphatic heterocycles. The number of carbonyl (C=O) groups excluding carboxylic acids is 1. The van der Waals surface area contributed by atoms with E-state index in [1.165, 1.54) is 12.1 Å². The zero-order valence-corrected chi connectivity index (χ0v) is 10.5.